The summed E-state index contributed by atoms with van der Waals surface area (Å²) < 4.78 is 66.1. The molecule has 0 spiro atoms. The van der Waals surface area contributed by atoms with E-state index >= 15 is 0 Å². The molecule has 0 unspecified atom stereocenters. The van der Waals surface area contributed by atoms with Gasteiger partial charge in [0, 0.05) is 39.3 Å². The molecule has 5 nitrogen and oxygen atoms in total. The van der Waals surface area contributed by atoms with Gasteiger partial charge in [-0.25, -0.2) is 16.8 Å². The molecule has 0 aliphatic heterocycles. The number of nitrogens with zero attached hydrogens (tertiary/aromatic N) is 2. The number of thiazole rings is 1. The summed E-state index contributed by atoms with van der Waals surface area (Å²) in [5.41, 5.74) is 2.05. The summed E-state index contributed by atoms with van der Waals surface area (Å²) in [6.07, 6.45) is -1.80. The zero-order valence-electron chi connectivity index (χ0n) is 14.6. The molecular formula is C16H13F3N3O2S4Y-. The van der Waals surface area contributed by atoms with E-state index in [1.54, 1.807) is 16.8 Å². The van der Waals surface area contributed by atoms with Crippen LogP contribution in [0.15, 0.2) is 55.7 Å². The standard InChI is InChI=1S/C16H13F3N3O2S4.Y/c17-16(18,19)12-3-5-13(6-4-12)22(28(23,24)14-2-1-9-25-14)21-8-11-27-15-20-7-10-26-15;/h1-6,9-10,21H,8,11H2;/q-1;. The molecule has 2 aromatic heterocycles. The van der Waals surface area contributed by atoms with Gasteiger partial charge in [0.25, 0.3) is 10.0 Å². The second kappa shape index (κ2) is 10.7. The maximum absolute atomic E-state index is 12.9. The molecule has 29 heavy (non-hydrogen) atoms. The number of sulfonamides is 1. The van der Waals surface area contributed by atoms with Crippen LogP contribution in [0, 0.1) is 6.20 Å². The molecular weight excluding hydrogens is 540 g/mol. The smallest absolute Gasteiger partial charge is 0.416 e. The van der Waals surface area contributed by atoms with Crippen molar-refractivity contribution in [2.24, 2.45) is 0 Å². The Kier molecular flexibility index (Phi) is 9.13. The molecule has 0 atom stereocenters. The van der Waals surface area contributed by atoms with Crippen LogP contribution in [0.5, 0.6) is 0 Å². The van der Waals surface area contributed by atoms with Crippen LogP contribution in [-0.2, 0) is 48.9 Å². The Hall–Kier alpha value is -0.496. The predicted molar refractivity (Wildman–Crippen MR) is 105 cm³/mol. The second-order valence-electron chi connectivity index (χ2n) is 5.25. The fourth-order valence-corrected chi connectivity index (χ4v) is 6.01. The van der Waals surface area contributed by atoms with Crippen LogP contribution < -0.4 is 9.84 Å². The molecule has 0 bridgehead atoms. The summed E-state index contributed by atoms with van der Waals surface area (Å²) in [6.45, 7) is 0.260. The maximum Gasteiger partial charge on any atom is 0.416 e. The van der Waals surface area contributed by atoms with E-state index in [0.717, 1.165) is 44.4 Å². The zero-order valence-corrected chi connectivity index (χ0v) is 20.7. The number of nitrogens with one attached hydrogen (secondary N) is 1. The minimum Gasteiger partial charge on any atom is -0.437 e. The molecule has 1 radical (unpaired) electrons. The van der Waals surface area contributed by atoms with E-state index in [1.165, 1.54) is 29.2 Å². The van der Waals surface area contributed by atoms with Crippen LogP contribution in [-0.4, -0.2) is 25.7 Å². The van der Waals surface area contributed by atoms with Crippen molar-refractivity contribution in [2.45, 2.75) is 14.7 Å². The normalized spacial score (nSPS) is 11.8. The van der Waals surface area contributed by atoms with Crippen LogP contribution in [0.3, 0.4) is 0 Å². The van der Waals surface area contributed by atoms with E-state index in [4.69, 9.17) is 0 Å². The van der Waals surface area contributed by atoms with Gasteiger partial charge in [-0.15, -0.1) is 17.5 Å². The Labute approximate surface area is 203 Å². The van der Waals surface area contributed by atoms with Gasteiger partial charge >= 0.3 is 6.18 Å². The number of hydrazine groups is 1. The molecule has 0 saturated heterocycles. The molecule has 3 aromatic rings. The van der Waals surface area contributed by atoms with Gasteiger partial charge in [-0.1, -0.05) is 11.4 Å². The fraction of sp³-hybridized carbons (Fsp3) is 0.188. The number of rotatable bonds is 8. The third-order valence-corrected chi connectivity index (χ3v) is 8.32. The number of thiophene rings is 1. The summed E-state index contributed by atoms with van der Waals surface area (Å²) in [5, 5.41) is 3.33. The van der Waals surface area contributed by atoms with Crippen LogP contribution in [0.1, 0.15) is 5.56 Å². The Balaban J connectivity index is 0.00000300. The molecule has 0 aliphatic rings. The van der Waals surface area contributed by atoms with Gasteiger partial charge < -0.3 is 4.98 Å². The first kappa shape index (κ1) is 24.8. The van der Waals surface area contributed by atoms with Gasteiger partial charge in [0.15, 0.2) is 0 Å². The number of hydrogen-bond donors (Lipinski definition) is 1. The molecule has 1 N–H and O–H groups in total. The average molecular weight is 553 g/mol. The maximum atomic E-state index is 12.9. The molecule has 153 valence electrons. The van der Waals surface area contributed by atoms with Gasteiger partial charge in [0.05, 0.1) is 11.3 Å². The van der Waals surface area contributed by atoms with Crippen molar-refractivity contribution in [1.82, 2.24) is 10.4 Å². The van der Waals surface area contributed by atoms with Crippen molar-refractivity contribution >= 4 is 50.1 Å². The van der Waals surface area contributed by atoms with Crippen LogP contribution in [0.2, 0.25) is 0 Å². The summed E-state index contributed by atoms with van der Waals surface area (Å²) in [4.78, 5) is 4.01. The SMILES string of the molecule is O=S(=O)(c1cccs1)N(NCCSc1n[c-]cs1)c1ccc(C(F)(F)F)cc1.[Y]. The number of halogens is 3. The predicted octanol–water partition coefficient (Wildman–Crippen LogP) is 4.51. The van der Waals surface area contributed by atoms with Crippen molar-refractivity contribution in [1.29, 1.82) is 0 Å². The van der Waals surface area contributed by atoms with Crippen molar-refractivity contribution in [3.05, 3.63) is 58.9 Å². The number of anilines is 1. The van der Waals surface area contributed by atoms with Gasteiger partial charge in [-0.3, -0.25) is 0 Å². The summed E-state index contributed by atoms with van der Waals surface area (Å²) in [6, 6.07) is 7.01. The number of hydrogen-bond acceptors (Lipinski definition) is 7. The van der Waals surface area contributed by atoms with Crippen LogP contribution >= 0.6 is 34.4 Å². The van der Waals surface area contributed by atoms with Crippen LogP contribution in [0.4, 0.5) is 18.9 Å². The number of aromatic nitrogens is 1. The Morgan fingerprint density at radius 3 is 2.45 bits per heavy atom. The van der Waals surface area contributed by atoms with Crippen LogP contribution in [0.25, 0.3) is 0 Å². The molecule has 0 amide bonds. The third kappa shape index (κ3) is 6.49. The van der Waals surface area contributed by atoms with Crippen molar-refractivity contribution in [3.63, 3.8) is 0 Å². The topological polar surface area (TPSA) is 62.3 Å². The molecule has 0 fully saturated rings. The zero-order chi connectivity index (χ0) is 20.2. The summed E-state index contributed by atoms with van der Waals surface area (Å²) in [5.74, 6) is 0.512. The quantitative estimate of drug-likeness (QED) is 0.193. The summed E-state index contributed by atoms with van der Waals surface area (Å²) >= 11 is 3.87. The first-order valence-electron chi connectivity index (χ1n) is 7.72. The average Bonchev–Trinajstić information content (AvgIpc) is 3.35. The van der Waals surface area contributed by atoms with E-state index in [0.29, 0.717) is 5.75 Å². The molecule has 0 aliphatic carbocycles. The third-order valence-electron chi connectivity index (χ3n) is 3.37. The van der Waals surface area contributed by atoms with Crippen molar-refractivity contribution in [2.75, 3.05) is 16.7 Å². The van der Waals surface area contributed by atoms with Crippen molar-refractivity contribution in [3.8, 4) is 0 Å². The Bertz CT molecular complexity index is 980. The van der Waals surface area contributed by atoms with Gasteiger partial charge in [-0.05, 0) is 45.8 Å². The first-order chi connectivity index (χ1) is 13.3. The van der Waals surface area contributed by atoms with Gasteiger partial charge in [0.2, 0.25) is 0 Å². The van der Waals surface area contributed by atoms with E-state index in [1.807, 2.05) is 0 Å². The Morgan fingerprint density at radius 2 is 1.90 bits per heavy atom. The number of benzene rings is 1. The minimum absolute atomic E-state index is 0. The number of alkyl halides is 3. The Morgan fingerprint density at radius 1 is 1.17 bits per heavy atom. The molecule has 2 heterocycles. The number of thioether (sulfide) groups is 1. The minimum atomic E-state index is -4.50. The van der Waals surface area contributed by atoms with E-state index in [2.05, 4.69) is 16.6 Å². The second-order valence-corrected chi connectivity index (χ2v) is 10.4. The van der Waals surface area contributed by atoms with Gasteiger partial charge in [-0.2, -0.15) is 37.8 Å². The van der Waals surface area contributed by atoms with E-state index < -0.39 is 21.8 Å². The van der Waals surface area contributed by atoms with Gasteiger partial charge in [0.1, 0.15) is 4.21 Å². The summed E-state index contributed by atoms with van der Waals surface area (Å²) in [7, 11) is -3.96. The molecule has 1 aromatic carbocycles. The molecule has 3 rings (SSSR count). The fourth-order valence-electron chi connectivity index (χ4n) is 2.14. The monoisotopic (exact) mass is 553 g/mol. The molecule has 0 saturated carbocycles. The van der Waals surface area contributed by atoms with Crippen molar-refractivity contribution < 1.29 is 54.3 Å². The largest absolute Gasteiger partial charge is 0.437 e. The first-order valence-corrected chi connectivity index (χ1v) is 11.9. The van der Waals surface area contributed by atoms with E-state index in [-0.39, 0.29) is 49.2 Å². The van der Waals surface area contributed by atoms with E-state index in [9.17, 15) is 21.6 Å². The molecule has 13 heteroatoms.